The summed E-state index contributed by atoms with van der Waals surface area (Å²) in [5.74, 6) is 0.500. The van der Waals surface area contributed by atoms with Gasteiger partial charge in [-0.2, -0.15) is 0 Å². The van der Waals surface area contributed by atoms with Gasteiger partial charge in [-0.3, -0.25) is 0 Å². The summed E-state index contributed by atoms with van der Waals surface area (Å²) in [7, 11) is 2.13. The van der Waals surface area contributed by atoms with Gasteiger partial charge >= 0.3 is 6.03 Å². The molecule has 0 heterocycles. The number of carbonyl (C=O) groups excluding carboxylic acids is 1. The summed E-state index contributed by atoms with van der Waals surface area (Å²) < 4.78 is 0. The average molecular weight is 243 g/mol. The first-order valence-corrected chi connectivity index (χ1v) is 6.65. The highest BCUT2D eigenvalue weighted by Crippen LogP contribution is 1.97. The summed E-state index contributed by atoms with van der Waals surface area (Å²) in [5.41, 5.74) is 0. The van der Waals surface area contributed by atoms with E-state index >= 15 is 0 Å². The molecule has 0 aliphatic heterocycles. The standard InChI is InChI=1S/C13H29N3O/c1-11(2)10-15-13(17)14-8-6-7-9-16(5)12(3)4/h11-12H,6-10H2,1-5H3,(H2,14,15,17). The summed E-state index contributed by atoms with van der Waals surface area (Å²) in [5, 5.41) is 5.71. The zero-order chi connectivity index (χ0) is 13.3. The van der Waals surface area contributed by atoms with Gasteiger partial charge in [-0.1, -0.05) is 13.8 Å². The van der Waals surface area contributed by atoms with Crippen LogP contribution < -0.4 is 10.6 Å². The van der Waals surface area contributed by atoms with Gasteiger partial charge in [0, 0.05) is 19.1 Å². The minimum Gasteiger partial charge on any atom is -0.338 e. The molecule has 0 aromatic rings. The van der Waals surface area contributed by atoms with E-state index in [2.05, 4.69) is 50.3 Å². The quantitative estimate of drug-likeness (QED) is 0.641. The van der Waals surface area contributed by atoms with Crippen LogP contribution in [0.3, 0.4) is 0 Å². The van der Waals surface area contributed by atoms with E-state index in [0.717, 1.165) is 32.5 Å². The van der Waals surface area contributed by atoms with Gasteiger partial charge in [0.05, 0.1) is 0 Å². The second-order valence-electron chi connectivity index (χ2n) is 5.31. The van der Waals surface area contributed by atoms with Crippen molar-refractivity contribution in [3.05, 3.63) is 0 Å². The Morgan fingerprint density at radius 2 is 1.76 bits per heavy atom. The lowest BCUT2D eigenvalue weighted by Crippen LogP contribution is -2.38. The molecular formula is C13H29N3O. The molecule has 102 valence electrons. The Kier molecular flexibility index (Phi) is 8.86. The Hall–Kier alpha value is -0.770. The molecule has 0 aromatic heterocycles. The van der Waals surface area contributed by atoms with Crippen LogP contribution in [0.25, 0.3) is 0 Å². The van der Waals surface area contributed by atoms with Crippen LogP contribution in [0.2, 0.25) is 0 Å². The zero-order valence-electron chi connectivity index (χ0n) is 12.0. The van der Waals surface area contributed by atoms with Gasteiger partial charge in [0.1, 0.15) is 0 Å². The summed E-state index contributed by atoms with van der Waals surface area (Å²) >= 11 is 0. The number of unbranched alkanes of at least 4 members (excludes halogenated alkanes) is 1. The van der Waals surface area contributed by atoms with Gasteiger partial charge in [-0.05, 0) is 46.2 Å². The number of hydrogen-bond donors (Lipinski definition) is 2. The average Bonchev–Trinajstić information content (AvgIpc) is 2.25. The number of nitrogens with zero attached hydrogens (tertiary/aromatic N) is 1. The summed E-state index contributed by atoms with van der Waals surface area (Å²) in [6.07, 6.45) is 2.16. The van der Waals surface area contributed by atoms with Crippen molar-refractivity contribution < 1.29 is 4.79 Å². The van der Waals surface area contributed by atoms with Crippen LogP contribution >= 0.6 is 0 Å². The van der Waals surface area contributed by atoms with Gasteiger partial charge in [-0.25, -0.2) is 4.79 Å². The number of urea groups is 1. The fourth-order valence-electron chi connectivity index (χ4n) is 1.31. The Balaban J connectivity index is 3.36. The molecule has 0 spiro atoms. The lowest BCUT2D eigenvalue weighted by Gasteiger charge is -2.20. The van der Waals surface area contributed by atoms with Crippen LogP contribution in [-0.4, -0.2) is 43.7 Å². The summed E-state index contributed by atoms with van der Waals surface area (Å²) in [6, 6.07) is 0.549. The van der Waals surface area contributed by atoms with Gasteiger partial charge < -0.3 is 15.5 Å². The molecule has 2 amide bonds. The van der Waals surface area contributed by atoms with E-state index in [1.54, 1.807) is 0 Å². The largest absolute Gasteiger partial charge is 0.338 e. The first kappa shape index (κ1) is 16.2. The van der Waals surface area contributed by atoms with Crippen molar-refractivity contribution in [2.45, 2.75) is 46.6 Å². The first-order valence-electron chi connectivity index (χ1n) is 6.65. The number of carbonyl (C=O) groups is 1. The summed E-state index contributed by atoms with van der Waals surface area (Å²) in [6.45, 7) is 11.1. The van der Waals surface area contributed by atoms with Crippen molar-refractivity contribution in [1.82, 2.24) is 15.5 Å². The third-order valence-electron chi connectivity index (χ3n) is 2.78. The maximum Gasteiger partial charge on any atom is 0.314 e. The molecule has 0 fully saturated rings. The fraction of sp³-hybridized carbons (Fsp3) is 0.923. The minimum absolute atomic E-state index is 0.0454. The van der Waals surface area contributed by atoms with Crippen molar-refractivity contribution in [1.29, 1.82) is 0 Å². The number of hydrogen-bond acceptors (Lipinski definition) is 2. The molecule has 2 N–H and O–H groups in total. The van der Waals surface area contributed by atoms with Crippen molar-refractivity contribution >= 4 is 6.03 Å². The maximum atomic E-state index is 11.3. The molecule has 0 saturated heterocycles. The fourth-order valence-corrected chi connectivity index (χ4v) is 1.31. The van der Waals surface area contributed by atoms with Crippen LogP contribution in [-0.2, 0) is 0 Å². The molecule has 4 heteroatoms. The van der Waals surface area contributed by atoms with E-state index in [4.69, 9.17) is 0 Å². The van der Waals surface area contributed by atoms with Crippen LogP contribution in [0, 0.1) is 5.92 Å². The van der Waals surface area contributed by atoms with E-state index in [9.17, 15) is 4.79 Å². The van der Waals surface area contributed by atoms with Gasteiger partial charge in [-0.15, -0.1) is 0 Å². The smallest absolute Gasteiger partial charge is 0.314 e. The molecule has 0 atom stereocenters. The van der Waals surface area contributed by atoms with Crippen molar-refractivity contribution in [2.75, 3.05) is 26.7 Å². The molecular weight excluding hydrogens is 214 g/mol. The van der Waals surface area contributed by atoms with Crippen LogP contribution in [0.4, 0.5) is 4.79 Å². The van der Waals surface area contributed by atoms with Crippen LogP contribution in [0.1, 0.15) is 40.5 Å². The highest BCUT2D eigenvalue weighted by molar-refractivity contribution is 5.73. The monoisotopic (exact) mass is 243 g/mol. The highest BCUT2D eigenvalue weighted by Gasteiger charge is 2.03. The molecule has 4 nitrogen and oxygen atoms in total. The Morgan fingerprint density at radius 1 is 1.12 bits per heavy atom. The molecule has 0 bridgehead atoms. The molecule has 0 rings (SSSR count). The lowest BCUT2D eigenvalue weighted by molar-refractivity contribution is 0.238. The Labute approximate surface area is 106 Å². The second-order valence-corrected chi connectivity index (χ2v) is 5.31. The topological polar surface area (TPSA) is 44.4 Å². The number of nitrogens with one attached hydrogen (secondary N) is 2. The van der Waals surface area contributed by atoms with E-state index in [1.165, 1.54) is 0 Å². The normalized spacial score (nSPS) is 11.3. The number of rotatable bonds is 8. The van der Waals surface area contributed by atoms with Crippen molar-refractivity contribution in [2.24, 2.45) is 5.92 Å². The molecule has 0 aliphatic carbocycles. The predicted octanol–water partition coefficient (Wildman–Crippen LogP) is 2.06. The number of amides is 2. The first-order chi connectivity index (χ1) is 7.93. The summed E-state index contributed by atoms with van der Waals surface area (Å²) in [4.78, 5) is 13.6. The maximum absolute atomic E-state index is 11.3. The SMILES string of the molecule is CC(C)CNC(=O)NCCCCN(C)C(C)C. The van der Waals surface area contributed by atoms with Crippen LogP contribution in [0.5, 0.6) is 0 Å². The van der Waals surface area contributed by atoms with Gasteiger partial charge in [0.15, 0.2) is 0 Å². The van der Waals surface area contributed by atoms with Gasteiger partial charge in [0.25, 0.3) is 0 Å². The van der Waals surface area contributed by atoms with Crippen molar-refractivity contribution in [3.8, 4) is 0 Å². The lowest BCUT2D eigenvalue weighted by atomic mass is 10.2. The molecule has 0 aromatic carbocycles. The minimum atomic E-state index is -0.0454. The molecule has 0 aliphatic rings. The predicted molar refractivity (Wildman–Crippen MR) is 73.2 cm³/mol. The molecule has 17 heavy (non-hydrogen) atoms. The van der Waals surface area contributed by atoms with Crippen LogP contribution in [0.15, 0.2) is 0 Å². The molecule has 0 radical (unpaired) electrons. The zero-order valence-corrected chi connectivity index (χ0v) is 12.0. The third-order valence-corrected chi connectivity index (χ3v) is 2.78. The van der Waals surface area contributed by atoms with Gasteiger partial charge in [0.2, 0.25) is 0 Å². The molecule has 0 saturated carbocycles. The molecule has 0 unspecified atom stereocenters. The van der Waals surface area contributed by atoms with E-state index in [1.807, 2.05) is 0 Å². The van der Waals surface area contributed by atoms with Crippen molar-refractivity contribution in [3.63, 3.8) is 0 Å². The Bertz CT molecular complexity index is 205. The highest BCUT2D eigenvalue weighted by atomic mass is 16.2. The Morgan fingerprint density at radius 3 is 2.29 bits per heavy atom. The third kappa shape index (κ3) is 10.1. The second kappa shape index (κ2) is 9.28. The van der Waals surface area contributed by atoms with E-state index in [0.29, 0.717) is 12.0 Å². The van der Waals surface area contributed by atoms with E-state index < -0.39 is 0 Å². The van der Waals surface area contributed by atoms with E-state index in [-0.39, 0.29) is 6.03 Å².